The van der Waals surface area contributed by atoms with E-state index in [0.717, 1.165) is 0 Å². The van der Waals surface area contributed by atoms with E-state index in [1.165, 1.54) is 4.90 Å². The molecule has 0 aliphatic carbocycles. The summed E-state index contributed by atoms with van der Waals surface area (Å²) in [6, 6.07) is -1.13. The third-order valence-electron chi connectivity index (χ3n) is 3.24. The van der Waals surface area contributed by atoms with Crippen LogP contribution in [0.4, 0.5) is 0 Å². The van der Waals surface area contributed by atoms with Crippen molar-refractivity contribution in [3.8, 4) is 0 Å². The standard InChI is InChI=1S/C11H20N2O4S/c1-4-9-11(15)13(8(3)10(14)12-9)6-7-18(16,17)5-2/h8-9H,4-7H2,1-3H3,(H,12,14). The summed E-state index contributed by atoms with van der Waals surface area (Å²) in [5.41, 5.74) is 0. The molecule has 7 heteroatoms. The third kappa shape index (κ3) is 3.22. The molecular weight excluding hydrogens is 256 g/mol. The Morgan fingerprint density at radius 1 is 1.28 bits per heavy atom. The minimum atomic E-state index is -3.13. The van der Waals surface area contributed by atoms with Gasteiger partial charge >= 0.3 is 0 Å². The zero-order valence-electron chi connectivity index (χ0n) is 11.0. The molecule has 2 unspecified atom stereocenters. The Balaban J connectivity index is 2.78. The van der Waals surface area contributed by atoms with Gasteiger partial charge < -0.3 is 10.2 Å². The molecule has 104 valence electrons. The zero-order valence-corrected chi connectivity index (χ0v) is 11.8. The van der Waals surface area contributed by atoms with Crippen LogP contribution in [-0.2, 0) is 19.4 Å². The van der Waals surface area contributed by atoms with Crippen molar-refractivity contribution in [2.24, 2.45) is 0 Å². The molecule has 18 heavy (non-hydrogen) atoms. The fourth-order valence-electron chi connectivity index (χ4n) is 1.85. The minimum Gasteiger partial charge on any atom is -0.343 e. The third-order valence-corrected chi connectivity index (χ3v) is 4.92. The fraction of sp³-hybridized carbons (Fsp3) is 0.818. The number of rotatable bonds is 5. The second-order valence-corrected chi connectivity index (χ2v) is 6.89. The summed E-state index contributed by atoms with van der Waals surface area (Å²) in [6.07, 6.45) is 0.508. The Kier molecular flexibility index (Phi) is 4.72. The zero-order chi connectivity index (χ0) is 13.9. The first kappa shape index (κ1) is 14.9. The lowest BCUT2D eigenvalue weighted by atomic mass is 10.1. The molecule has 6 nitrogen and oxygen atoms in total. The number of carbonyl (C=O) groups excluding carboxylic acids is 2. The van der Waals surface area contributed by atoms with Gasteiger partial charge in [-0.05, 0) is 13.3 Å². The van der Waals surface area contributed by atoms with Gasteiger partial charge in [-0.25, -0.2) is 8.42 Å². The summed E-state index contributed by atoms with van der Waals surface area (Å²) in [5.74, 6) is -0.470. The number of hydrogen-bond donors (Lipinski definition) is 1. The predicted octanol–water partition coefficient (Wildman–Crippen LogP) is -0.453. The van der Waals surface area contributed by atoms with Gasteiger partial charge in [0.1, 0.15) is 12.1 Å². The largest absolute Gasteiger partial charge is 0.343 e. The van der Waals surface area contributed by atoms with Gasteiger partial charge in [-0.1, -0.05) is 13.8 Å². The molecule has 1 heterocycles. The van der Waals surface area contributed by atoms with Crippen molar-refractivity contribution >= 4 is 21.7 Å². The number of nitrogens with zero attached hydrogens (tertiary/aromatic N) is 1. The van der Waals surface area contributed by atoms with E-state index >= 15 is 0 Å². The van der Waals surface area contributed by atoms with Gasteiger partial charge in [-0.3, -0.25) is 9.59 Å². The number of nitrogens with one attached hydrogen (secondary N) is 1. The van der Waals surface area contributed by atoms with Crippen LogP contribution in [0.25, 0.3) is 0 Å². The SMILES string of the molecule is CCC1NC(=O)C(C)N(CCS(=O)(=O)CC)C1=O. The Labute approximate surface area is 108 Å². The van der Waals surface area contributed by atoms with E-state index in [2.05, 4.69) is 5.32 Å². The minimum absolute atomic E-state index is 0.0484. The number of hydrogen-bond acceptors (Lipinski definition) is 4. The van der Waals surface area contributed by atoms with Gasteiger partial charge in [0.05, 0.1) is 5.75 Å². The fourth-order valence-corrected chi connectivity index (χ4v) is 2.61. The summed E-state index contributed by atoms with van der Waals surface area (Å²) < 4.78 is 22.9. The molecule has 1 aliphatic heterocycles. The molecule has 1 N–H and O–H groups in total. The van der Waals surface area contributed by atoms with Gasteiger partial charge in [0, 0.05) is 12.3 Å². The second-order valence-electron chi connectivity index (χ2n) is 4.41. The first-order chi connectivity index (χ1) is 8.32. The quantitative estimate of drug-likeness (QED) is 0.737. The van der Waals surface area contributed by atoms with Crippen molar-refractivity contribution in [1.82, 2.24) is 10.2 Å². The van der Waals surface area contributed by atoms with Gasteiger partial charge in [-0.2, -0.15) is 0 Å². The van der Waals surface area contributed by atoms with E-state index in [0.29, 0.717) is 6.42 Å². The molecular formula is C11H20N2O4S. The van der Waals surface area contributed by atoms with Crippen LogP contribution in [0.1, 0.15) is 27.2 Å². The van der Waals surface area contributed by atoms with Gasteiger partial charge in [-0.15, -0.1) is 0 Å². The summed E-state index contributed by atoms with van der Waals surface area (Å²) in [7, 11) is -3.13. The molecule has 0 aromatic rings. The van der Waals surface area contributed by atoms with Gasteiger partial charge in [0.2, 0.25) is 11.8 Å². The highest BCUT2D eigenvalue weighted by Gasteiger charge is 2.37. The van der Waals surface area contributed by atoms with Crippen LogP contribution in [0, 0.1) is 0 Å². The summed E-state index contributed by atoms with van der Waals surface area (Å²) in [6.45, 7) is 5.07. The van der Waals surface area contributed by atoms with Crippen molar-refractivity contribution in [2.75, 3.05) is 18.1 Å². The second kappa shape index (κ2) is 5.69. The topological polar surface area (TPSA) is 83.6 Å². The molecule has 0 aromatic carbocycles. The molecule has 1 rings (SSSR count). The van der Waals surface area contributed by atoms with Crippen molar-refractivity contribution in [3.05, 3.63) is 0 Å². The predicted molar refractivity (Wildman–Crippen MR) is 67.7 cm³/mol. The van der Waals surface area contributed by atoms with E-state index in [4.69, 9.17) is 0 Å². The molecule has 0 saturated carbocycles. The van der Waals surface area contributed by atoms with Crippen LogP contribution in [0.15, 0.2) is 0 Å². The summed E-state index contributed by atoms with van der Waals surface area (Å²) >= 11 is 0. The van der Waals surface area contributed by atoms with Crippen molar-refractivity contribution in [3.63, 3.8) is 0 Å². The molecule has 2 atom stereocenters. The number of sulfone groups is 1. The van der Waals surface area contributed by atoms with Crippen LogP contribution in [0.3, 0.4) is 0 Å². The lowest BCUT2D eigenvalue weighted by molar-refractivity contribution is -0.148. The van der Waals surface area contributed by atoms with Crippen LogP contribution in [0.5, 0.6) is 0 Å². The molecule has 2 amide bonds. The maximum Gasteiger partial charge on any atom is 0.245 e. The van der Waals surface area contributed by atoms with Crippen LogP contribution < -0.4 is 5.32 Å². The highest BCUT2D eigenvalue weighted by atomic mass is 32.2. The molecule has 0 aromatic heterocycles. The highest BCUT2D eigenvalue weighted by molar-refractivity contribution is 7.91. The van der Waals surface area contributed by atoms with E-state index in [1.807, 2.05) is 0 Å². The van der Waals surface area contributed by atoms with Gasteiger partial charge in [0.15, 0.2) is 9.84 Å². The normalized spacial score (nSPS) is 25.2. The Morgan fingerprint density at radius 3 is 2.39 bits per heavy atom. The average molecular weight is 276 g/mol. The molecule has 1 fully saturated rings. The van der Waals surface area contributed by atoms with E-state index in [1.54, 1.807) is 20.8 Å². The summed E-state index contributed by atoms with van der Waals surface area (Å²) in [4.78, 5) is 25.1. The first-order valence-electron chi connectivity index (χ1n) is 6.13. The van der Waals surface area contributed by atoms with E-state index < -0.39 is 21.9 Å². The average Bonchev–Trinajstić information content (AvgIpc) is 2.33. The lowest BCUT2D eigenvalue weighted by Crippen LogP contribution is -2.62. The van der Waals surface area contributed by atoms with Crippen LogP contribution in [-0.4, -0.2) is 55.3 Å². The molecule has 1 aliphatic rings. The number of carbonyl (C=O) groups is 2. The number of piperazine rings is 1. The van der Waals surface area contributed by atoms with Crippen LogP contribution in [0.2, 0.25) is 0 Å². The maximum atomic E-state index is 12.0. The molecule has 0 bridgehead atoms. The Morgan fingerprint density at radius 2 is 1.89 bits per heavy atom. The van der Waals surface area contributed by atoms with Crippen molar-refractivity contribution in [2.45, 2.75) is 39.3 Å². The smallest absolute Gasteiger partial charge is 0.245 e. The monoisotopic (exact) mass is 276 g/mol. The van der Waals surface area contributed by atoms with Crippen molar-refractivity contribution in [1.29, 1.82) is 0 Å². The molecule has 0 radical (unpaired) electrons. The van der Waals surface area contributed by atoms with E-state index in [9.17, 15) is 18.0 Å². The summed E-state index contributed by atoms with van der Waals surface area (Å²) in [5, 5.41) is 2.63. The van der Waals surface area contributed by atoms with Crippen molar-refractivity contribution < 1.29 is 18.0 Å². The molecule has 0 spiro atoms. The first-order valence-corrected chi connectivity index (χ1v) is 7.95. The Bertz CT molecular complexity index is 432. The number of amides is 2. The highest BCUT2D eigenvalue weighted by Crippen LogP contribution is 2.12. The van der Waals surface area contributed by atoms with Gasteiger partial charge in [0.25, 0.3) is 0 Å². The van der Waals surface area contributed by atoms with Crippen LogP contribution >= 0.6 is 0 Å². The van der Waals surface area contributed by atoms with E-state index in [-0.39, 0.29) is 29.9 Å². The Hall–Kier alpha value is -1.11. The lowest BCUT2D eigenvalue weighted by Gasteiger charge is -2.37. The maximum absolute atomic E-state index is 12.0. The molecule has 1 saturated heterocycles.